The zero-order valence-corrected chi connectivity index (χ0v) is 15.7. The van der Waals surface area contributed by atoms with Gasteiger partial charge in [-0.1, -0.05) is 18.2 Å². The lowest BCUT2D eigenvalue weighted by atomic mass is 10.2. The largest absolute Gasteiger partial charge is 0.351 e. The van der Waals surface area contributed by atoms with Crippen LogP contribution in [0.5, 0.6) is 0 Å². The number of nitrogens with zero attached hydrogens (tertiary/aromatic N) is 2. The Morgan fingerprint density at radius 2 is 1.59 bits per heavy atom. The van der Waals surface area contributed by atoms with Crippen molar-refractivity contribution < 1.29 is 17.6 Å². The highest BCUT2D eigenvalue weighted by molar-refractivity contribution is 7.89. The molecule has 0 saturated carbocycles. The number of hydrogen-bond acceptors (Lipinski definition) is 4. The van der Waals surface area contributed by atoms with E-state index in [1.165, 1.54) is 28.6 Å². The predicted octanol–water partition coefficient (Wildman–Crippen LogP) is 1.56. The molecule has 1 fully saturated rings. The van der Waals surface area contributed by atoms with Crippen molar-refractivity contribution in [1.82, 2.24) is 14.5 Å². The van der Waals surface area contributed by atoms with Gasteiger partial charge in [0, 0.05) is 44.8 Å². The van der Waals surface area contributed by atoms with E-state index >= 15 is 0 Å². The van der Waals surface area contributed by atoms with Gasteiger partial charge in [-0.05, 0) is 36.4 Å². The van der Waals surface area contributed by atoms with Gasteiger partial charge in [-0.15, -0.1) is 0 Å². The third-order valence-electron chi connectivity index (χ3n) is 4.53. The lowest BCUT2D eigenvalue weighted by Gasteiger charge is -2.33. The zero-order chi connectivity index (χ0) is 19.3. The Bertz CT molecular complexity index is 865. The highest BCUT2D eigenvalue weighted by Crippen LogP contribution is 2.17. The number of sulfonamides is 1. The van der Waals surface area contributed by atoms with Gasteiger partial charge in [-0.25, -0.2) is 12.8 Å². The summed E-state index contributed by atoms with van der Waals surface area (Å²) in [5.41, 5.74) is 0.412. The first kappa shape index (κ1) is 19.5. The first-order valence-electron chi connectivity index (χ1n) is 8.78. The van der Waals surface area contributed by atoms with Crippen molar-refractivity contribution in [2.24, 2.45) is 0 Å². The summed E-state index contributed by atoms with van der Waals surface area (Å²) in [6, 6.07) is 13.8. The summed E-state index contributed by atoms with van der Waals surface area (Å²) >= 11 is 0. The van der Waals surface area contributed by atoms with E-state index in [4.69, 9.17) is 0 Å². The molecule has 0 bridgehead atoms. The first-order chi connectivity index (χ1) is 13.0. The van der Waals surface area contributed by atoms with E-state index in [0.717, 1.165) is 0 Å². The second-order valence-electron chi connectivity index (χ2n) is 6.32. The van der Waals surface area contributed by atoms with E-state index < -0.39 is 10.0 Å². The molecule has 2 aromatic carbocycles. The van der Waals surface area contributed by atoms with Crippen LogP contribution >= 0.6 is 0 Å². The zero-order valence-electron chi connectivity index (χ0n) is 14.8. The van der Waals surface area contributed by atoms with Gasteiger partial charge < -0.3 is 5.32 Å². The number of nitrogens with one attached hydrogen (secondary N) is 1. The fourth-order valence-electron chi connectivity index (χ4n) is 2.97. The molecular formula is C19H22FN3O3S. The number of rotatable bonds is 6. The summed E-state index contributed by atoms with van der Waals surface area (Å²) in [5, 5.41) is 2.80. The van der Waals surface area contributed by atoms with Crippen LogP contribution in [-0.4, -0.2) is 62.8 Å². The van der Waals surface area contributed by atoms with Crippen molar-refractivity contribution in [3.63, 3.8) is 0 Å². The van der Waals surface area contributed by atoms with Gasteiger partial charge in [-0.3, -0.25) is 9.69 Å². The third-order valence-corrected chi connectivity index (χ3v) is 6.45. The van der Waals surface area contributed by atoms with Crippen molar-refractivity contribution in [2.75, 3.05) is 39.3 Å². The van der Waals surface area contributed by atoms with Crippen LogP contribution < -0.4 is 5.32 Å². The normalized spacial score (nSPS) is 16.2. The van der Waals surface area contributed by atoms with Crippen LogP contribution in [0.4, 0.5) is 4.39 Å². The molecule has 1 aliphatic rings. The van der Waals surface area contributed by atoms with Crippen molar-refractivity contribution in [3.05, 3.63) is 66.0 Å². The minimum Gasteiger partial charge on any atom is -0.351 e. The molecule has 1 amide bonds. The molecule has 1 N–H and O–H groups in total. The fraction of sp³-hybridized carbons (Fsp3) is 0.316. The van der Waals surface area contributed by atoms with Crippen LogP contribution in [0.3, 0.4) is 0 Å². The maximum Gasteiger partial charge on any atom is 0.251 e. The summed E-state index contributed by atoms with van der Waals surface area (Å²) in [4.78, 5) is 14.4. The Morgan fingerprint density at radius 3 is 2.22 bits per heavy atom. The molecular weight excluding hydrogens is 369 g/mol. The summed E-state index contributed by atoms with van der Waals surface area (Å²) < 4.78 is 39.6. The minimum absolute atomic E-state index is 0.250. The quantitative estimate of drug-likeness (QED) is 0.812. The van der Waals surface area contributed by atoms with Crippen LogP contribution in [0.25, 0.3) is 0 Å². The molecule has 0 aliphatic carbocycles. The Labute approximate surface area is 158 Å². The van der Waals surface area contributed by atoms with E-state index in [1.807, 2.05) is 0 Å². The average Bonchev–Trinajstić information content (AvgIpc) is 2.69. The summed E-state index contributed by atoms with van der Waals surface area (Å²) in [6.07, 6.45) is 0. The Balaban J connectivity index is 1.44. The molecule has 144 valence electrons. The SMILES string of the molecule is O=C(NCCN1CCN(S(=O)(=O)c2ccccc2)CC1)c1ccc(F)cc1. The average molecular weight is 391 g/mol. The number of benzene rings is 2. The molecule has 1 aliphatic heterocycles. The summed E-state index contributed by atoms with van der Waals surface area (Å²) in [7, 11) is -3.45. The van der Waals surface area contributed by atoms with Crippen molar-refractivity contribution in [2.45, 2.75) is 4.90 Å². The highest BCUT2D eigenvalue weighted by Gasteiger charge is 2.28. The molecule has 0 aromatic heterocycles. The van der Waals surface area contributed by atoms with Crippen molar-refractivity contribution in [1.29, 1.82) is 0 Å². The van der Waals surface area contributed by atoms with Gasteiger partial charge in [0.1, 0.15) is 5.82 Å². The molecule has 0 unspecified atom stereocenters. The molecule has 2 aromatic rings. The number of hydrogen-bond donors (Lipinski definition) is 1. The monoisotopic (exact) mass is 391 g/mol. The van der Waals surface area contributed by atoms with Crippen molar-refractivity contribution in [3.8, 4) is 0 Å². The molecule has 6 nitrogen and oxygen atoms in total. The number of halogens is 1. The van der Waals surface area contributed by atoms with E-state index in [9.17, 15) is 17.6 Å². The maximum atomic E-state index is 12.9. The van der Waals surface area contributed by atoms with Crippen LogP contribution in [0.1, 0.15) is 10.4 Å². The van der Waals surface area contributed by atoms with E-state index in [0.29, 0.717) is 49.7 Å². The second kappa shape index (κ2) is 8.60. The Hall–Kier alpha value is -2.29. The number of carbonyl (C=O) groups is 1. The third kappa shape index (κ3) is 4.91. The molecule has 3 rings (SSSR count). The van der Waals surface area contributed by atoms with Gasteiger partial charge in [0.05, 0.1) is 4.90 Å². The topological polar surface area (TPSA) is 69.7 Å². The van der Waals surface area contributed by atoms with Crippen LogP contribution in [0.2, 0.25) is 0 Å². The lowest BCUT2D eigenvalue weighted by molar-refractivity contribution is 0.0945. The van der Waals surface area contributed by atoms with Gasteiger partial charge in [0.15, 0.2) is 0 Å². The van der Waals surface area contributed by atoms with Crippen LogP contribution in [-0.2, 0) is 10.0 Å². The molecule has 0 atom stereocenters. The van der Waals surface area contributed by atoms with Crippen LogP contribution in [0.15, 0.2) is 59.5 Å². The van der Waals surface area contributed by atoms with E-state index in [2.05, 4.69) is 10.2 Å². The smallest absolute Gasteiger partial charge is 0.251 e. The Morgan fingerprint density at radius 1 is 0.963 bits per heavy atom. The van der Waals surface area contributed by atoms with E-state index in [1.54, 1.807) is 30.3 Å². The van der Waals surface area contributed by atoms with Crippen LogP contribution in [0, 0.1) is 5.82 Å². The fourth-order valence-corrected chi connectivity index (χ4v) is 4.41. The summed E-state index contributed by atoms with van der Waals surface area (Å²) in [6.45, 7) is 3.14. The van der Waals surface area contributed by atoms with Gasteiger partial charge in [0.2, 0.25) is 10.0 Å². The Kier molecular flexibility index (Phi) is 6.20. The first-order valence-corrected chi connectivity index (χ1v) is 10.2. The number of piperazine rings is 1. The summed E-state index contributed by atoms with van der Waals surface area (Å²) in [5.74, 6) is -0.629. The minimum atomic E-state index is -3.45. The number of amides is 1. The second-order valence-corrected chi connectivity index (χ2v) is 8.26. The van der Waals surface area contributed by atoms with Crippen molar-refractivity contribution >= 4 is 15.9 Å². The molecule has 8 heteroatoms. The molecule has 0 spiro atoms. The standard InChI is InChI=1S/C19H22FN3O3S/c20-17-8-6-16(7-9-17)19(24)21-10-11-22-12-14-23(15-13-22)27(25,26)18-4-2-1-3-5-18/h1-9H,10-15H2,(H,21,24). The van der Waals surface area contributed by atoms with Gasteiger partial charge >= 0.3 is 0 Å². The highest BCUT2D eigenvalue weighted by atomic mass is 32.2. The van der Waals surface area contributed by atoms with E-state index in [-0.39, 0.29) is 11.7 Å². The van der Waals surface area contributed by atoms with Gasteiger partial charge in [0.25, 0.3) is 5.91 Å². The predicted molar refractivity (Wildman–Crippen MR) is 100 cm³/mol. The molecule has 27 heavy (non-hydrogen) atoms. The molecule has 1 heterocycles. The lowest BCUT2D eigenvalue weighted by Crippen LogP contribution is -2.50. The van der Waals surface area contributed by atoms with Gasteiger partial charge in [-0.2, -0.15) is 4.31 Å². The molecule has 1 saturated heterocycles. The maximum absolute atomic E-state index is 12.9. The number of carbonyl (C=O) groups excluding carboxylic acids is 1. The molecule has 0 radical (unpaired) electrons.